The van der Waals surface area contributed by atoms with Crippen molar-refractivity contribution < 1.29 is 9.59 Å². The van der Waals surface area contributed by atoms with Gasteiger partial charge < -0.3 is 9.80 Å². The lowest BCUT2D eigenvalue weighted by molar-refractivity contribution is -0.138. The van der Waals surface area contributed by atoms with E-state index in [1.54, 1.807) is 0 Å². The number of hydrogen-bond donors (Lipinski definition) is 0. The number of carbonyl (C=O) groups is 2. The molecule has 31 heavy (non-hydrogen) atoms. The Balaban J connectivity index is 1.28. The van der Waals surface area contributed by atoms with Crippen LogP contribution >= 0.6 is 0 Å². The second-order valence-electron chi connectivity index (χ2n) is 9.47. The summed E-state index contributed by atoms with van der Waals surface area (Å²) in [5.74, 6) is 0.987. The van der Waals surface area contributed by atoms with Gasteiger partial charge in [-0.1, -0.05) is 25.1 Å². The zero-order chi connectivity index (χ0) is 21.4. The molecule has 0 spiro atoms. The minimum absolute atomic E-state index is 0.0327. The summed E-state index contributed by atoms with van der Waals surface area (Å²) < 4.78 is 1.96. The third kappa shape index (κ3) is 3.88. The fourth-order valence-electron chi connectivity index (χ4n) is 5.52. The molecule has 1 aliphatic carbocycles. The molecule has 0 N–H and O–H groups in total. The molecule has 6 heteroatoms. The standard InChI is InChI=1S/C25H32N4O2/c1-18-7-6-14-28(17-18)24(30)19-12-15-27(16-13-19)25(31)23-21-10-5-11-22(21)29(26-23)20-8-3-2-4-9-20/h2-4,8-9,18-19H,5-7,10-17H2,1H3. The highest BCUT2D eigenvalue weighted by atomic mass is 16.2. The summed E-state index contributed by atoms with van der Waals surface area (Å²) in [5.41, 5.74) is 3.93. The molecule has 2 saturated heterocycles. The van der Waals surface area contributed by atoms with Gasteiger partial charge in [-0.15, -0.1) is 0 Å². The smallest absolute Gasteiger partial charge is 0.274 e. The van der Waals surface area contributed by atoms with Crippen molar-refractivity contribution in [2.24, 2.45) is 11.8 Å². The minimum Gasteiger partial charge on any atom is -0.342 e. The molecule has 2 aliphatic heterocycles. The molecule has 0 saturated carbocycles. The van der Waals surface area contributed by atoms with Gasteiger partial charge in [0.1, 0.15) is 0 Å². The summed E-state index contributed by atoms with van der Waals surface area (Å²) in [6, 6.07) is 10.1. The van der Waals surface area contributed by atoms with E-state index < -0.39 is 0 Å². The Labute approximate surface area is 184 Å². The van der Waals surface area contributed by atoms with E-state index in [9.17, 15) is 9.59 Å². The monoisotopic (exact) mass is 420 g/mol. The zero-order valence-corrected chi connectivity index (χ0v) is 18.4. The van der Waals surface area contributed by atoms with Crippen LogP contribution in [-0.2, 0) is 17.6 Å². The van der Waals surface area contributed by atoms with Crippen LogP contribution < -0.4 is 0 Å². The van der Waals surface area contributed by atoms with Gasteiger partial charge in [-0.3, -0.25) is 9.59 Å². The van der Waals surface area contributed by atoms with Crippen LogP contribution in [0.25, 0.3) is 5.69 Å². The molecule has 3 aliphatic rings. The Kier molecular flexibility index (Phi) is 5.55. The van der Waals surface area contributed by atoms with Crippen molar-refractivity contribution in [3.05, 3.63) is 47.3 Å². The molecule has 2 amide bonds. The first kappa shape index (κ1) is 20.3. The fourth-order valence-corrected chi connectivity index (χ4v) is 5.52. The topological polar surface area (TPSA) is 58.4 Å². The molecular formula is C25H32N4O2. The van der Waals surface area contributed by atoms with Crippen molar-refractivity contribution in [2.45, 2.75) is 51.9 Å². The minimum atomic E-state index is 0.0327. The van der Waals surface area contributed by atoms with E-state index in [2.05, 4.69) is 11.8 Å². The van der Waals surface area contributed by atoms with E-state index in [1.807, 2.05) is 39.9 Å². The first-order valence-corrected chi connectivity index (χ1v) is 11.9. The highest BCUT2D eigenvalue weighted by Gasteiger charge is 2.34. The van der Waals surface area contributed by atoms with Crippen LogP contribution in [0.1, 0.15) is 60.8 Å². The average molecular weight is 421 g/mol. The van der Waals surface area contributed by atoms with Crippen LogP contribution in [0.3, 0.4) is 0 Å². The molecule has 1 unspecified atom stereocenters. The van der Waals surface area contributed by atoms with Crippen molar-refractivity contribution >= 4 is 11.8 Å². The van der Waals surface area contributed by atoms with Crippen LogP contribution in [-0.4, -0.2) is 57.6 Å². The van der Waals surface area contributed by atoms with Crippen molar-refractivity contribution in [1.29, 1.82) is 0 Å². The van der Waals surface area contributed by atoms with E-state index >= 15 is 0 Å². The highest BCUT2D eigenvalue weighted by Crippen LogP contribution is 2.30. The maximum Gasteiger partial charge on any atom is 0.274 e. The predicted molar refractivity (Wildman–Crippen MR) is 119 cm³/mol. The van der Waals surface area contributed by atoms with Gasteiger partial charge in [0.05, 0.1) is 5.69 Å². The normalized spacial score (nSPS) is 21.9. The lowest BCUT2D eigenvalue weighted by Crippen LogP contribution is -2.47. The fraction of sp³-hybridized carbons (Fsp3) is 0.560. The first-order valence-electron chi connectivity index (χ1n) is 11.9. The molecule has 2 fully saturated rings. The lowest BCUT2D eigenvalue weighted by Gasteiger charge is -2.37. The van der Waals surface area contributed by atoms with Crippen LogP contribution in [0.15, 0.2) is 30.3 Å². The SMILES string of the molecule is CC1CCCN(C(=O)C2CCN(C(=O)c3nn(-c4ccccc4)c4c3CCC4)CC2)C1. The Bertz CT molecular complexity index is 959. The van der Waals surface area contributed by atoms with Crippen molar-refractivity contribution in [1.82, 2.24) is 19.6 Å². The molecule has 3 heterocycles. The summed E-state index contributed by atoms with van der Waals surface area (Å²) >= 11 is 0. The van der Waals surface area contributed by atoms with Gasteiger partial charge in [0.25, 0.3) is 5.91 Å². The molecule has 164 valence electrons. The number of amides is 2. The van der Waals surface area contributed by atoms with Gasteiger partial charge >= 0.3 is 0 Å². The molecule has 0 radical (unpaired) electrons. The molecule has 5 rings (SSSR count). The van der Waals surface area contributed by atoms with Gasteiger partial charge in [0.2, 0.25) is 5.91 Å². The number of nitrogens with zero attached hydrogens (tertiary/aromatic N) is 4. The number of hydrogen-bond acceptors (Lipinski definition) is 3. The molecule has 2 aromatic rings. The van der Waals surface area contributed by atoms with E-state index in [0.29, 0.717) is 30.6 Å². The largest absolute Gasteiger partial charge is 0.342 e. The average Bonchev–Trinajstić information content (AvgIpc) is 3.42. The summed E-state index contributed by atoms with van der Waals surface area (Å²) in [6.07, 6.45) is 6.82. The van der Waals surface area contributed by atoms with Gasteiger partial charge in [-0.25, -0.2) is 4.68 Å². The predicted octanol–water partition coefficient (Wildman–Crippen LogP) is 3.47. The van der Waals surface area contributed by atoms with Crippen LogP contribution in [0, 0.1) is 11.8 Å². The maximum atomic E-state index is 13.4. The number of benzene rings is 1. The summed E-state index contributed by atoms with van der Waals surface area (Å²) in [7, 11) is 0. The van der Waals surface area contributed by atoms with Gasteiger partial charge in [-0.2, -0.15) is 5.10 Å². The second-order valence-corrected chi connectivity index (χ2v) is 9.47. The molecule has 1 atom stereocenters. The molecule has 1 aromatic heterocycles. The molecule has 0 bridgehead atoms. The van der Waals surface area contributed by atoms with E-state index in [-0.39, 0.29) is 11.8 Å². The van der Waals surface area contributed by atoms with E-state index in [1.165, 1.54) is 12.1 Å². The van der Waals surface area contributed by atoms with Gasteiger partial charge in [0, 0.05) is 43.4 Å². The number of para-hydroxylation sites is 1. The van der Waals surface area contributed by atoms with Crippen LogP contribution in [0.5, 0.6) is 0 Å². The molecular weight excluding hydrogens is 388 g/mol. The number of rotatable bonds is 3. The number of piperidine rings is 2. The van der Waals surface area contributed by atoms with Crippen molar-refractivity contribution in [3.8, 4) is 5.69 Å². The molecule has 6 nitrogen and oxygen atoms in total. The summed E-state index contributed by atoms with van der Waals surface area (Å²) in [6.45, 7) is 5.30. The third-order valence-electron chi connectivity index (χ3n) is 7.23. The Hall–Kier alpha value is -2.63. The third-order valence-corrected chi connectivity index (χ3v) is 7.23. The number of carbonyl (C=O) groups excluding carboxylic acids is 2. The van der Waals surface area contributed by atoms with E-state index in [0.717, 1.165) is 62.9 Å². The first-order chi connectivity index (χ1) is 15.1. The number of aromatic nitrogens is 2. The number of likely N-dealkylation sites (tertiary alicyclic amines) is 2. The quantitative estimate of drug-likeness (QED) is 0.764. The van der Waals surface area contributed by atoms with E-state index in [4.69, 9.17) is 5.10 Å². The van der Waals surface area contributed by atoms with Crippen LogP contribution in [0.4, 0.5) is 0 Å². The van der Waals surface area contributed by atoms with Crippen molar-refractivity contribution in [2.75, 3.05) is 26.2 Å². The lowest BCUT2D eigenvalue weighted by atomic mass is 9.92. The van der Waals surface area contributed by atoms with Crippen LogP contribution in [0.2, 0.25) is 0 Å². The zero-order valence-electron chi connectivity index (χ0n) is 18.4. The Morgan fingerprint density at radius 2 is 1.71 bits per heavy atom. The van der Waals surface area contributed by atoms with Gasteiger partial charge in [0.15, 0.2) is 5.69 Å². The number of fused-ring (bicyclic) bond motifs is 1. The second kappa shape index (κ2) is 8.48. The molecule has 1 aromatic carbocycles. The Morgan fingerprint density at radius 3 is 2.45 bits per heavy atom. The summed E-state index contributed by atoms with van der Waals surface area (Å²) in [5, 5.41) is 4.76. The van der Waals surface area contributed by atoms with Crippen molar-refractivity contribution in [3.63, 3.8) is 0 Å². The Morgan fingerprint density at radius 1 is 0.935 bits per heavy atom. The van der Waals surface area contributed by atoms with Gasteiger partial charge in [-0.05, 0) is 63.0 Å². The summed E-state index contributed by atoms with van der Waals surface area (Å²) in [4.78, 5) is 30.3. The highest BCUT2D eigenvalue weighted by molar-refractivity contribution is 5.94. The maximum absolute atomic E-state index is 13.4.